The van der Waals surface area contributed by atoms with Gasteiger partial charge in [0, 0.05) is 0 Å². The highest BCUT2D eigenvalue weighted by Crippen LogP contribution is 2.38. The zero-order chi connectivity index (χ0) is 14.3. The van der Waals surface area contributed by atoms with E-state index in [-0.39, 0.29) is 22.6 Å². The number of ketones is 1. The zero-order valence-corrected chi connectivity index (χ0v) is 10.4. The predicted molar refractivity (Wildman–Crippen MR) is 69.4 cm³/mol. The number of phenolic OH excluding ortho intramolecular Hbond substituents is 1. The number of ether oxygens (including phenoxy) is 1. The van der Waals surface area contributed by atoms with Gasteiger partial charge in [0.25, 0.3) is 0 Å². The number of fused-ring (bicyclic) bond motifs is 1. The van der Waals surface area contributed by atoms with E-state index in [1.807, 2.05) is 0 Å². The van der Waals surface area contributed by atoms with E-state index in [0.717, 1.165) is 0 Å². The van der Waals surface area contributed by atoms with Gasteiger partial charge in [-0.05, 0) is 29.8 Å². The quantitative estimate of drug-likeness (QED) is 0.725. The van der Waals surface area contributed by atoms with Crippen molar-refractivity contribution in [2.45, 2.75) is 11.9 Å². The molecule has 5 nitrogen and oxygen atoms in total. The zero-order valence-electron chi connectivity index (χ0n) is 10.4. The van der Waals surface area contributed by atoms with E-state index in [9.17, 15) is 20.1 Å². The van der Waals surface area contributed by atoms with Crippen molar-refractivity contribution in [2.75, 3.05) is 0 Å². The van der Waals surface area contributed by atoms with Crippen molar-refractivity contribution in [1.82, 2.24) is 0 Å². The summed E-state index contributed by atoms with van der Waals surface area (Å²) in [6.45, 7) is 0. The Morgan fingerprint density at radius 3 is 2.40 bits per heavy atom. The van der Waals surface area contributed by atoms with Gasteiger partial charge >= 0.3 is 0 Å². The number of Topliss-reactive ketones (excluding diaryl/α,β-unsaturated/α-hetero) is 1. The number of aromatic hydroxyl groups is 1. The maximum Gasteiger partial charge on any atom is 0.238 e. The topological polar surface area (TPSA) is 87.0 Å². The monoisotopic (exact) mass is 272 g/mol. The Labute approximate surface area is 114 Å². The van der Waals surface area contributed by atoms with Crippen molar-refractivity contribution in [3.05, 3.63) is 59.7 Å². The maximum absolute atomic E-state index is 12.5. The van der Waals surface area contributed by atoms with Crippen LogP contribution in [0.15, 0.2) is 48.5 Å². The molecule has 0 bridgehead atoms. The Morgan fingerprint density at radius 2 is 1.70 bits per heavy atom. The van der Waals surface area contributed by atoms with Crippen LogP contribution in [0.2, 0.25) is 0 Å². The van der Waals surface area contributed by atoms with Crippen LogP contribution in [0.25, 0.3) is 0 Å². The first-order valence-corrected chi connectivity index (χ1v) is 6.04. The van der Waals surface area contributed by atoms with Crippen LogP contribution in [0.4, 0.5) is 0 Å². The normalized spacial score (nSPS) is 24.9. The minimum absolute atomic E-state index is 0.00332. The second-order valence-electron chi connectivity index (χ2n) is 4.61. The van der Waals surface area contributed by atoms with E-state index in [0.29, 0.717) is 0 Å². The first-order chi connectivity index (χ1) is 9.53. The summed E-state index contributed by atoms with van der Waals surface area (Å²) < 4.78 is 5.22. The maximum atomic E-state index is 12.5. The molecule has 0 fully saturated rings. The van der Waals surface area contributed by atoms with Crippen molar-refractivity contribution in [3.8, 4) is 11.5 Å². The lowest BCUT2D eigenvalue weighted by Crippen LogP contribution is -2.52. The molecule has 0 saturated heterocycles. The molecule has 0 spiro atoms. The molecule has 0 aliphatic carbocycles. The Bertz CT molecular complexity index is 664. The van der Waals surface area contributed by atoms with Crippen LogP contribution in [-0.4, -0.2) is 27.4 Å². The van der Waals surface area contributed by atoms with Crippen LogP contribution >= 0.6 is 0 Å². The number of carbonyl (C=O) groups excluding carboxylic acids is 1. The summed E-state index contributed by atoms with van der Waals surface area (Å²) in [4.78, 5) is 12.5. The Morgan fingerprint density at radius 1 is 1.05 bits per heavy atom. The molecule has 3 N–H and O–H groups in total. The fourth-order valence-electron chi connectivity index (χ4n) is 2.27. The first-order valence-electron chi connectivity index (χ1n) is 6.04. The Hall–Kier alpha value is -2.37. The van der Waals surface area contributed by atoms with Crippen molar-refractivity contribution < 1.29 is 24.9 Å². The lowest BCUT2D eigenvalue weighted by atomic mass is 9.83. The molecule has 1 aliphatic rings. The summed E-state index contributed by atoms with van der Waals surface area (Å²) in [6, 6.07) is 11.8. The fourth-order valence-corrected chi connectivity index (χ4v) is 2.27. The third-order valence-corrected chi connectivity index (χ3v) is 3.38. The molecule has 3 rings (SSSR count). The van der Waals surface area contributed by atoms with Crippen molar-refractivity contribution >= 4 is 5.78 Å². The van der Waals surface area contributed by atoms with Gasteiger partial charge < -0.3 is 20.1 Å². The first kappa shape index (κ1) is 12.7. The molecular weight excluding hydrogens is 260 g/mol. The molecule has 2 atom stereocenters. The Balaban J connectivity index is 2.14. The van der Waals surface area contributed by atoms with E-state index >= 15 is 0 Å². The van der Waals surface area contributed by atoms with Gasteiger partial charge in [0.05, 0.1) is 5.56 Å². The van der Waals surface area contributed by atoms with Gasteiger partial charge in [0.2, 0.25) is 17.7 Å². The number of benzene rings is 2. The molecule has 2 aromatic carbocycles. The summed E-state index contributed by atoms with van der Waals surface area (Å²) in [6.07, 6.45) is -1.71. The summed E-state index contributed by atoms with van der Waals surface area (Å²) in [5, 5.41) is 29.9. The van der Waals surface area contributed by atoms with E-state index in [1.54, 1.807) is 18.2 Å². The van der Waals surface area contributed by atoms with Gasteiger partial charge in [-0.2, -0.15) is 0 Å². The molecule has 1 heterocycles. The molecule has 1 aliphatic heterocycles. The van der Waals surface area contributed by atoms with E-state index in [2.05, 4.69) is 0 Å². The number of rotatable bonds is 1. The summed E-state index contributed by atoms with van der Waals surface area (Å²) in [5.74, 6) is -0.414. The minimum Gasteiger partial charge on any atom is -0.508 e. The highest BCUT2D eigenvalue weighted by Gasteiger charge is 2.51. The van der Waals surface area contributed by atoms with Gasteiger partial charge in [-0.25, -0.2) is 0 Å². The smallest absolute Gasteiger partial charge is 0.238 e. The fraction of sp³-hybridized carbons (Fsp3) is 0.133. The molecule has 2 aromatic rings. The molecule has 2 unspecified atom stereocenters. The molecule has 0 amide bonds. The van der Waals surface area contributed by atoms with Gasteiger partial charge in [0.1, 0.15) is 11.5 Å². The third kappa shape index (κ3) is 1.68. The number of carbonyl (C=O) groups is 1. The van der Waals surface area contributed by atoms with Crippen molar-refractivity contribution in [3.63, 3.8) is 0 Å². The number of phenols is 1. The number of hydrogen-bond donors (Lipinski definition) is 3. The molecule has 0 radical (unpaired) electrons. The van der Waals surface area contributed by atoms with Crippen LogP contribution in [0.3, 0.4) is 0 Å². The third-order valence-electron chi connectivity index (χ3n) is 3.38. The number of hydrogen-bond acceptors (Lipinski definition) is 5. The average molecular weight is 272 g/mol. The van der Waals surface area contributed by atoms with Crippen LogP contribution in [0.5, 0.6) is 11.5 Å². The summed E-state index contributed by atoms with van der Waals surface area (Å²) in [7, 11) is 0. The van der Waals surface area contributed by atoms with Crippen molar-refractivity contribution in [2.24, 2.45) is 0 Å². The van der Waals surface area contributed by atoms with Crippen LogP contribution in [-0.2, 0) is 5.60 Å². The SMILES string of the molecule is O=C1c2ccccc2OC(O)C1(O)c1ccc(O)cc1. The standard InChI is InChI=1S/C15H12O5/c16-10-7-5-9(6-8-10)15(19)13(17)11-3-1-2-4-12(11)20-14(15)18/h1-8,14,16,18-19H. The second kappa shape index (κ2) is 4.33. The largest absolute Gasteiger partial charge is 0.508 e. The highest BCUT2D eigenvalue weighted by atomic mass is 16.6. The van der Waals surface area contributed by atoms with Crippen LogP contribution in [0.1, 0.15) is 15.9 Å². The lowest BCUT2D eigenvalue weighted by Gasteiger charge is -2.36. The van der Waals surface area contributed by atoms with E-state index < -0.39 is 17.7 Å². The van der Waals surface area contributed by atoms with Gasteiger partial charge in [-0.1, -0.05) is 24.3 Å². The molecule has 20 heavy (non-hydrogen) atoms. The summed E-state index contributed by atoms with van der Waals surface area (Å²) >= 11 is 0. The lowest BCUT2D eigenvalue weighted by molar-refractivity contribution is -0.155. The van der Waals surface area contributed by atoms with Gasteiger partial charge in [-0.3, -0.25) is 4.79 Å². The number of aliphatic hydroxyl groups excluding tert-OH is 1. The average Bonchev–Trinajstić information content (AvgIpc) is 2.46. The number of para-hydroxylation sites is 1. The molecular formula is C15H12O5. The highest BCUT2D eigenvalue weighted by molar-refractivity contribution is 6.06. The predicted octanol–water partition coefficient (Wildman–Crippen LogP) is 1.17. The Kier molecular flexibility index (Phi) is 2.74. The summed E-state index contributed by atoms with van der Waals surface area (Å²) in [5.41, 5.74) is -1.84. The molecule has 102 valence electrons. The van der Waals surface area contributed by atoms with Gasteiger partial charge in [0.15, 0.2) is 0 Å². The van der Waals surface area contributed by atoms with E-state index in [4.69, 9.17) is 4.74 Å². The molecule has 5 heteroatoms. The van der Waals surface area contributed by atoms with E-state index in [1.165, 1.54) is 30.3 Å². The number of aliphatic hydroxyl groups is 2. The van der Waals surface area contributed by atoms with Crippen LogP contribution in [0, 0.1) is 0 Å². The molecule has 0 saturated carbocycles. The second-order valence-corrected chi connectivity index (χ2v) is 4.61. The molecule has 0 aromatic heterocycles. The van der Waals surface area contributed by atoms with Crippen molar-refractivity contribution in [1.29, 1.82) is 0 Å². The van der Waals surface area contributed by atoms with Crippen LogP contribution < -0.4 is 4.74 Å². The minimum atomic E-state index is -2.19. The van der Waals surface area contributed by atoms with Gasteiger partial charge in [-0.15, -0.1) is 0 Å².